The topological polar surface area (TPSA) is 94.5 Å². The molecule has 4 rings (SSSR count). The fourth-order valence-corrected chi connectivity index (χ4v) is 5.39. The van der Waals surface area contributed by atoms with Gasteiger partial charge in [0.25, 0.3) is 0 Å². The maximum Gasteiger partial charge on any atom is 0.141 e. The van der Waals surface area contributed by atoms with Gasteiger partial charge in [-0.1, -0.05) is 53.6 Å². The average molecular weight is 679 g/mol. The average Bonchev–Trinajstić information content (AvgIpc) is 3.51. The van der Waals surface area contributed by atoms with Gasteiger partial charge in [-0.2, -0.15) is 5.26 Å². The summed E-state index contributed by atoms with van der Waals surface area (Å²) in [6.07, 6.45) is 9.57. The van der Waals surface area contributed by atoms with Crippen molar-refractivity contribution in [2.45, 2.75) is 32.9 Å². The number of hydrogen-bond donors (Lipinski definition) is 4. The van der Waals surface area contributed by atoms with Gasteiger partial charge in [0.2, 0.25) is 0 Å². The molecule has 9 nitrogen and oxygen atoms in total. The van der Waals surface area contributed by atoms with Crippen LogP contribution in [0.1, 0.15) is 26.3 Å². The molecule has 12 heteroatoms. The minimum atomic E-state index is -0.537. The molecule has 0 fully saturated rings. The number of hydrazine groups is 2. The van der Waals surface area contributed by atoms with Crippen LogP contribution in [0.25, 0.3) is 10.9 Å². The SMILES string of the molecule is C=C(/C=C\C=C(/C)CN(C)CCN(C)C)[C@H](Nc1cc(Cl)c2ncc(C#N)c(Nc3ccc(F)c(Cl)c3)c2c1)C1=CN(C(C)C)NN1. The molecule has 0 amide bonds. The highest BCUT2D eigenvalue weighted by Gasteiger charge is 2.24. The number of nitrogens with one attached hydrogen (secondary N) is 4. The molecule has 0 radical (unpaired) electrons. The first-order chi connectivity index (χ1) is 22.4. The van der Waals surface area contributed by atoms with Gasteiger partial charge in [-0.3, -0.25) is 9.99 Å². The lowest BCUT2D eigenvalue weighted by molar-refractivity contribution is 0.221. The van der Waals surface area contributed by atoms with Gasteiger partial charge in [-0.25, -0.2) is 4.39 Å². The number of allylic oxidation sites excluding steroid dienone is 2. The lowest BCUT2D eigenvalue weighted by Crippen LogP contribution is -2.42. The monoisotopic (exact) mass is 677 g/mol. The maximum absolute atomic E-state index is 13.9. The molecule has 4 N–H and O–H groups in total. The summed E-state index contributed by atoms with van der Waals surface area (Å²) in [7, 11) is 6.27. The number of anilines is 3. The van der Waals surface area contributed by atoms with Gasteiger partial charge in [0.05, 0.1) is 38.6 Å². The van der Waals surface area contributed by atoms with E-state index in [1.807, 2.05) is 29.4 Å². The molecule has 0 spiro atoms. The first-order valence-corrected chi connectivity index (χ1v) is 16.0. The highest BCUT2D eigenvalue weighted by Crippen LogP contribution is 2.36. The highest BCUT2D eigenvalue weighted by molar-refractivity contribution is 6.36. The first kappa shape index (κ1) is 35.7. The van der Waals surface area contributed by atoms with Crippen LogP contribution in [-0.4, -0.2) is 72.7 Å². The van der Waals surface area contributed by atoms with Crippen LogP contribution in [-0.2, 0) is 0 Å². The lowest BCUT2D eigenvalue weighted by atomic mass is 10.0. The van der Waals surface area contributed by atoms with E-state index in [0.717, 1.165) is 30.9 Å². The third-order valence-corrected chi connectivity index (χ3v) is 8.11. The van der Waals surface area contributed by atoms with Crippen LogP contribution in [0.4, 0.5) is 21.5 Å². The zero-order valence-corrected chi connectivity index (χ0v) is 29.1. The number of hydrogen-bond acceptors (Lipinski definition) is 9. The van der Waals surface area contributed by atoms with Crippen LogP contribution < -0.4 is 21.6 Å². The fourth-order valence-electron chi connectivity index (χ4n) is 4.95. The van der Waals surface area contributed by atoms with E-state index in [1.54, 1.807) is 12.1 Å². The van der Waals surface area contributed by atoms with Crippen molar-refractivity contribution in [3.63, 3.8) is 0 Å². The largest absolute Gasteiger partial charge is 0.373 e. The van der Waals surface area contributed by atoms with Crippen molar-refractivity contribution in [3.05, 3.63) is 106 Å². The van der Waals surface area contributed by atoms with Crippen LogP contribution in [0.5, 0.6) is 0 Å². The Morgan fingerprint density at radius 3 is 2.55 bits per heavy atom. The Bertz CT molecular complexity index is 1740. The maximum atomic E-state index is 13.9. The second kappa shape index (κ2) is 16.1. The quantitative estimate of drug-likeness (QED) is 0.132. The number of fused-ring (bicyclic) bond motifs is 1. The Morgan fingerprint density at radius 2 is 1.89 bits per heavy atom. The van der Waals surface area contributed by atoms with E-state index >= 15 is 0 Å². The van der Waals surface area contributed by atoms with Gasteiger partial charge in [0.15, 0.2) is 0 Å². The summed E-state index contributed by atoms with van der Waals surface area (Å²) in [6, 6.07) is 9.97. The first-order valence-electron chi connectivity index (χ1n) is 15.2. The van der Waals surface area contributed by atoms with E-state index in [4.69, 9.17) is 23.2 Å². The van der Waals surface area contributed by atoms with Gasteiger partial charge in [-0.05, 0) is 77.8 Å². The highest BCUT2D eigenvalue weighted by atomic mass is 35.5. The molecule has 0 saturated heterocycles. The minimum Gasteiger partial charge on any atom is -0.373 e. The molecular weight excluding hydrogens is 636 g/mol. The molecule has 0 saturated carbocycles. The number of nitrogens with zero attached hydrogens (tertiary/aromatic N) is 5. The van der Waals surface area contributed by atoms with Crippen molar-refractivity contribution in [1.82, 2.24) is 30.8 Å². The summed E-state index contributed by atoms with van der Waals surface area (Å²) >= 11 is 12.8. The van der Waals surface area contributed by atoms with Crippen molar-refractivity contribution in [2.75, 3.05) is 51.4 Å². The van der Waals surface area contributed by atoms with Crippen LogP contribution in [0, 0.1) is 17.1 Å². The molecule has 47 heavy (non-hydrogen) atoms. The minimum absolute atomic E-state index is 0.0376. The van der Waals surface area contributed by atoms with E-state index in [0.29, 0.717) is 38.6 Å². The van der Waals surface area contributed by atoms with Gasteiger partial charge in [0.1, 0.15) is 11.9 Å². The summed E-state index contributed by atoms with van der Waals surface area (Å²) in [5.41, 5.74) is 11.8. The molecule has 1 atom stereocenters. The summed E-state index contributed by atoms with van der Waals surface area (Å²) in [5.74, 6) is -0.537. The number of halogens is 3. The van der Waals surface area contributed by atoms with E-state index in [-0.39, 0.29) is 17.1 Å². The third-order valence-electron chi connectivity index (χ3n) is 7.53. The molecule has 1 aliphatic rings. The van der Waals surface area contributed by atoms with E-state index < -0.39 is 5.82 Å². The summed E-state index contributed by atoms with van der Waals surface area (Å²) < 4.78 is 13.9. The molecule has 0 unspecified atom stereocenters. The van der Waals surface area contributed by atoms with Crippen LogP contribution in [0.3, 0.4) is 0 Å². The molecule has 2 heterocycles. The number of likely N-dealkylation sites (N-methyl/N-ethyl adjacent to an activating group) is 2. The Labute approximate surface area is 287 Å². The van der Waals surface area contributed by atoms with Gasteiger partial charge >= 0.3 is 0 Å². The summed E-state index contributed by atoms with van der Waals surface area (Å²) in [4.78, 5) is 8.92. The van der Waals surface area contributed by atoms with Crippen molar-refractivity contribution in [2.24, 2.45) is 0 Å². The lowest BCUT2D eigenvalue weighted by Gasteiger charge is -2.22. The normalized spacial score (nSPS) is 14.2. The second-order valence-corrected chi connectivity index (χ2v) is 13.0. The third kappa shape index (κ3) is 9.47. The smallest absolute Gasteiger partial charge is 0.141 e. The van der Waals surface area contributed by atoms with Crippen molar-refractivity contribution in [3.8, 4) is 6.07 Å². The fraction of sp³-hybridized carbons (Fsp3) is 0.314. The Morgan fingerprint density at radius 1 is 1.15 bits per heavy atom. The molecule has 248 valence electrons. The zero-order valence-electron chi connectivity index (χ0n) is 27.6. The van der Waals surface area contributed by atoms with Gasteiger partial charge in [-0.15, -0.1) is 5.53 Å². The van der Waals surface area contributed by atoms with Crippen LogP contribution in [0.15, 0.2) is 84.4 Å². The van der Waals surface area contributed by atoms with Gasteiger partial charge < -0.3 is 25.9 Å². The summed E-state index contributed by atoms with van der Waals surface area (Å²) in [6.45, 7) is 13.5. The Hall–Kier alpha value is -4.11. The summed E-state index contributed by atoms with van der Waals surface area (Å²) in [5, 5.41) is 19.7. The van der Waals surface area contributed by atoms with E-state index in [2.05, 4.69) is 97.0 Å². The molecule has 1 aromatic heterocycles. The predicted octanol–water partition coefficient (Wildman–Crippen LogP) is 7.20. The molecule has 0 aliphatic carbocycles. The number of nitriles is 1. The number of aromatic nitrogens is 1. The van der Waals surface area contributed by atoms with Crippen LogP contribution >= 0.6 is 23.2 Å². The molecule has 2 aromatic carbocycles. The van der Waals surface area contributed by atoms with Crippen LogP contribution in [0.2, 0.25) is 10.0 Å². The van der Waals surface area contributed by atoms with Crippen molar-refractivity contribution < 1.29 is 4.39 Å². The van der Waals surface area contributed by atoms with Gasteiger partial charge in [0, 0.05) is 54.8 Å². The number of benzene rings is 2. The van der Waals surface area contributed by atoms with E-state index in [9.17, 15) is 9.65 Å². The Balaban J connectivity index is 1.67. The molecule has 0 bridgehead atoms. The Kier molecular flexibility index (Phi) is 12.3. The standard InChI is InChI=1S/C35H42Cl2FN9/c1-22(2)47-21-32(43-44-47)33(24(4)10-8-9-23(3)20-46(7)14-13-45(5)6)42-27-15-28-34(41-26-11-12-31(38)29(36)16-26)25(18-39)19-40-35(28)30(37)17-27/h8-12,15-17,19,21-22,33,42-44H,4,13-14,20H2,1-3,5-7H3,(H,40,41)/b10-8-,23-9+/t33-/m0/s1. The van der Waals surface area contributed by atoms with Crippen molar-refractivity contribution in [1.29, 1.82) is 5.26 Å². The molecular formula is C35H42Cl2FN9. The zero-order chi connectivity index (χ0) is 34.2. The van der Waals surface area contributed by atoms with Crippen molar-refractivity contribution >= 4 is 51.2 Å². The molecule has 3 aromatic rings. The second-order valence-electron chi connectivity index (χ2n) is 12.2. The molecule has 1 aliphatic heterocycles. The predicted molar refractivity (Wildman–Crippen MR) is 193 cm³/mol. The number of rotatable bonds is 14. The number of pyridine rings is 1. The van der Waals surface area contributed by atoms with E-state index in [1.165, 1.54) is 23.9 Å².